The number of aromatic nitrogens is 1. The van der Waals surface area contributed by atoms with Gasteiger partial charge in [-0.15, -0.1) is 12.4 Å². The molecule has 0 saturated heterocycles. The van der Waals surface area contributed by atoms with E-state index in [2.05, 4.69) is 4.98 Å². The van der Waals surface area contributed by atoms with Gasteiger partial charge in [0.15, 0.2) is 0 Å². The normalized spacial score (nSPS) is 12.0. The summed E-state index contributed by atoms with van der Waals surface area (Å²) in [5.41, 5.74) is 7.57. The maximum atomic E-state index is 9.73. The Morgan fingerprint density at radius 3 is 2.60 bits per heavy atom. The van der Waals surface area contributed by atoms with E-state index in [4.69, 9.17) is 10.8 Å². The molecule has 0 spiro atoms. The number of aryl methyl sites for hydroxylation is 1. The molecular formula is C10H17ClN2O2. The topological polar surface area (TPSA) is 79.4 Å². The van der Waals surface area contributed by atoms with Crippen molar-refractivity contribution in [3.63, 3.8) is 0 Å². The lowest BCUT2D eigenvalue weighted by atomic mass is 10.0. The van der Waals surface area contributed by atoms with E-state index in [1.165, 1.54) is 0 Å². The van der Waals surface area contributed by atoms with Crippen molar-refractivity contribution in [1.82, 2.24) is 4.98 Å². The summed E-state index contributed by atoms with van der Waals surface area (Å²) in [5.74, 6) is 0.147. The Labute approximate surface area is 95.6 Å². The van der Waals surface area contributed by atoms with Gasteiger partial charge in [0.25, 0.3) is 0 Å². The van der Waals surface area contributed by atoms with Gasteiger partial charge in [-0.2, -0.15) is 0 Å². The molecule has 1 rings (SSSR count). The number of pyridine rings is 1. The first kappa shape index (κ1) is 14.2. The highest BCUT2D eigenvalue weighted by molar-refractivity contribution is 5.85. The standard InChI is InChI=1S/C10H16N2O2.ClH/c1-6(11)3-9-8(5-13)4-12-7(2)10(9)14;/h4,6,13-14H,3,5,11H2,1-2H3;1H. The summed E-state index contributed by atoms with van der Waals surface area (Å²) < 4.78 is 0. The Kier molecular flexibility index (Phi) is 5.57. The van der Waals surface area contributed by atoms with Gasteiger partial charge in [0.1, 0.15) is 5.75 Å². The van der Waals surface area contributed by atoms with Gasteiger partial charge >= 0.3 is 0 Å². The molecule has 1 unspecified atom stereocenters. The molecule has 0 aliphatic carbocycles. The van der Waals surface area contributed by atoms with Crippen molar-refractivity contribution < 1.29 is 10.2 Å². The second kappa shape index (κ2) is 5.90. The van der Waals surface area contributed by atoms with E-state index in [1.54, 1.807) is 13.1 Å². The smallest absolute Gasteiger partial charge is 0.140 e. The van der Waals surface area contributed by atoms with Gasteiger partial charge in [0, 0.05) is 23.4 Å². The van der Waals surface area contributed by atoms with Crippen molar-refractivity contribution in [2.24, 2.45) is 5.73 Å². The molecule has 5 heteroatoms. The molecular weight excluding hydrogens is 216 g/mol. The van der Waals surface area contributed by atoms with E-state index in [0.29, 0.717) is 23.2 Å². The third kappa shape index (κ3) is 3.34. The quantitative estimate of drug-likeness (QED) is 0.724. The van der Waals surface area contributed by atoms with Gasteiger partial charge in [-0.1, -0.05) is 0 Å². The Bertz CT molecular complexity index is 329. The first-order valence-electron chi connectivity index (χ1n) is 4.59. The highest BCUT2D eigenvalue weighted by Crippen LogP contribution is 2.24. The average Bonchev–Trinajstić information content (AvgIpc) is 2.13. The van der Waals surface area contributed by atoms with Crippen LogP contribution in [0.2, 0.25) is 0 Å². The summed E-state index contributed by atoms with van der Waals surface area (Å²) in [5, 5.41) is 18.8. The van der Waals surface area contributed by atoms with Crippen LogP contribution in [0.25, 0.3) is 0 Å². The van der Waals surface area contributed by atoms with Crippen molar-refractivity contribution in [2.45, 2.75) is 32.9 Å². The number of aliphatic hydroxyl groups excluding tert-OH is 1. The van der Waals surface area contributed by atoms with Crippen molar-refractivity contribution >= 4 is 12.4 Å². The van der Waals surface area contributed by atoms with E-state index in [1.807, 2.05) is 6.92 Å². The molecule has 0 radical (unpaired) electrons. The van der Waals surface area contributed by atoms with Gasteiger partial charge in [-0.25, -0.2) is 0 Å². The molecule has 1 aromatic rings. The van der Waals surface area contributed by atoms with Crippen molar-refractivity contribution in [2.75, 3.05) is 0 Å². The zero-order chi connectivity index (χ0) is 10.7. The minimum Gasteiger partial charge on any atom is -0.506 e. The summed E-state index contributed by atoms with van der Waals surface area (Å²) in [6.07, 6.45) is 2.12. The van der Waals surface area contributed by atoms with Gasteiger partial charge in [-0.3, -0.25) is 4.98 Å². The summed E-state index contributed by atoms with van der Waals surface area (Å²) in [7, 11) is 0. The molecule has 4 nitrogen and oxygen atoms in total. The molecule has 1 aromatic heterocycles. The van der Waals surface area contributed by atoms with Crippen molar-refractivity contribution in [1.29, 1.82) is 0 Å². The first-order valence-corrected chi connectivity index (χ1v) is 4.59. The minimum atomic E-state index is -0.122. The molecule has 4 N–H and O–H groups in total. The molecule has 0 fully saturated rings. The lowest BCUT2D eigenvalue weighted by Crippen LogP contribution is -2.19. The molecule has 0 bridgehead atoms. The van der Waals surface area contributed by atoms with Crippen LogP contribution < -0.4 is 5.73 Å². The zero-order valence-corrected chi connectivity index (χ0v) is 9.71. The van der Waals surface area contributed by atoms with Crippen LogP contribution in [0.15, 0.2) is 6.20 Å². The molecule has 15 heavy (non-hydrogen) atoms. The Morgan fingerprint density at radius 2 is 2.13 bits per heavy atom. The fraction of sp³-hybridized carbons (Fsp3) is 0.500. The van der Waals surface area contributed by atoms with E-state index in [-0.39, 0.29) is 30.8 Å². The van der Waals surface area contributed by atoms with Crippen LogP contribution in [0.3, 0.4) is 0 Å². The van der Waals surface area contributed by atoms with Crippen LogP contribution in [-0.4, -0.2) is 21.2 Å². The number of hydrogen-bond acceptors (Lipinski definition) is 4. The number of aliphatic hydroxyl groups is 1. The third-order valence-corrected chi connectivity index (χ3v) is 2.13. The molecule has 1 atom stereocenters. The molecule has 1 heterocycles. The Balaban J connectivity index is 0.00000196. The summed E-state index contributed by atoms with van der Waals surface area (Å²) in [6, 6.07) is -0.0481. The largest absolute Gasteiger partial charge is 0.506 e. The minimum absolute atomic E-state index is 0. The monoisotopic (exact) mass is 232 g/mol. The first-order chi connectivity index (χ1) is 6.56. The molecule has 0 saturated carbocycles. The third-order valence-electron chi connectivity index (χ3n) is 2.13. The summed E-state index contributed by atoms with van der Waals surface area (Å²) in [6.45, 7) is 3.46. The van der Waals surface area contributed by atoms with Crippen molar-refractivity contribution in [3.05, 3.63) is 23.0 Å². The maximum Gasteiger partial charge on any atom is 0.140 e. The second-order valence-corrected chi connectivity index (χ2v) is 3.54. The predicted molar refractivity (Wildman–Crippen MR) is 61.2 cm³/mol. The number of nitrogens with two attached hydrogens (primary N) is 1. The number of aromatic hydroxyl groups is 1. The SMILES string of the molecule is Cc1ncc(CO)c(CC(C)N)c1O.Cl. The van der Waals surface area contributed by atoms with E-state index >= 15 is 0 Å². The lowest BCUT2D eigenvalue weighted by molar-refractivity contribution is 0.278. The molecule has 0 aliphatic rings. The van der Waals surface area contributed by atoms with Crippen LogP contribution >= 0.6 is 12.4 Å². The van der Waals surface area contributed by atoms with E-state index < -0.39 is 0 Å². The van der Waals surface area contributed by atoms with E-state index in [9.17, 15) is 5.11 Å². The van der Waals surface area contributed by atoms with Crippen molar-refractivity contribution in [3.8, 4) is 5.75 Å². The fourth-order valence-electron chi connectivity index (χ4n) is 1.37. The number of nitrogens with zero attached hydrogens (tertiary/aromatic N) is 1. The molecule has 0 aromatic carbocycles. The summed E-state index contributed by atoms with van der Waals surface area (Å²) >= 11 is 0. The summed E-state index contributed by atoms with van der Waals surface area (Å²) in [4.78, 5) is 3.97. The van der Waals surface area contributed by atoms with Crippen LogP contribution in [0.4, 0.5) is 0 Å². The van der Waals surface area contributed by atoms with Gasteiger partial charge in [-0.05, 0) is 20.3 Å². The van der Waals surface area contributed by atoms with Crippen LogP contribution in [0.5, 0.6) is 5.75 Å². The van der Waals surface area contributed by atoms with Gasteiger partial charge < -0.3 is 15.9 Å². The Hall–Kier alpha value is -0.840. The predicted octanol–water partition coefficient (Wildman–Crippen LogP) is 0.899. The average molecular weight is 233 g/mol. The highest BCUT2D eigenvalue weighted by atomic mass is 35.5. The number of halogens is 1. The fourth-order valence-corrected chi connectivity index (χ4v) is 1.37. The molecule has 0 aliphatic heterocycles. The molecule has 0 amide bonds. The number of hydrogen-bond donors (Lipinski definition) is 3. The lowest BCUT2D eigenvalue weighted by Gasteiger charge is -2.12. The van der Waals surface area contributed by atoms with Gasteiger partial charge in [0.2, 0.25) is 0 Å². The van der Waals surface area contributed by atoms with E-state index in [0.717, 1.165) is 0 Å². The second-order valence-electron chi connectivity index (χ2n) is 3.54. The van der Waals surface area contributed by atoms with Gasteiger partial charge in [0.05, 0.1) is 12.3 Å². The van der Waals surface area contributed by atoms with Crippen LogP contribution in [0.1, 0.15) is 23.7 Å². The van der Waals surface area contributed by atoms with Crippen LogP contribution in [-0.2, 0) is 13.0 Å². The van der Waals surface area contributed by atoms with Crippen LogP contribution in [0, 0.1) is 6.92 Å². The maximum absolute atomic E-state index is 9.73. The Morgan fingerprint density at radius 1 is 1.53 bits per heavy atom. The number of rotatable bonds is 3. The highest BCUT2D eigenvalue weighted by Gasteiger charge is 2.12. The zero-order valence-electron chi connectivity index (χ0n) is 8.90. The molecule has 86 valence electrons.